The van der Waals surface area contributed by atoms with Crippen LogP contribution in [0.2, 0.25) is 0 Å². The molecule has 80 valence electrons. The maximum Gasteiger partial charge on any atom is 0.407 e. The van der Waals surface area contributed by atoms with Gasteiger partial charge >= 0.3 is 6.09 Å². The molecule has 2 N–H and O–H groups in total. The number of hydrogen-bond acceptors (Lipinski definition) is 2. The zero-order valence-electron chi connectivity index (χ0n) is 8.41. The minimum Gasteiger partial charge on any atom is -0.465 e. The molecule has 4 nitrogen and oxygen atoms in total. The van der Waals surface area contributed by atoms with E-state index >= 15 is 0 Å². The molecule has 2 aliphatic heterocycles. The molecule has 2 heterocycles. The van der Waals surface area contributed by atoms with Crippen molar-refractivity contribution in [3.63, 3.8) is 0 Å². The summed E-state index contributed by atoms with van der Waals surface area (Å²) in [5.41, 5.74) is 0. The Hall–Kier alpha value is -0.770. The van der Waals surface area contributed by atoms with Crippen LogP contribution in [0.15, 0.2) is 0 Å². The molecule has 2 fully saturated rings. The predicted molar refractivity (Wildman–Crippen MR) is 53.3 cm³/mol. The number of likely N-dealkylation sites (tertiary alicyclic amines) is 1. The molecule has 0 saturated carbocycles. The van der Waals surface area contributed by atoms with E-state index in [9.17, 15) is 4.79 Å². The number of nitrogens with one attached hydrogen (secondary N) is 1. The van der Waals surface area contributed by atoms with Gasteiger partial charge < -0.3 is 15.3 Å². The normalized spacial score (nSPS) is 28.6. The number of nitrogens with zero attached hydrogens (tertiary/aromatic N) is 1. The molecule has 4 heteroatoms. The van der Waals surface area contributed by atoms with Crippen LogP contribution in [-0.2, 0) is 0 Å². The molecule has 0 aliphatic carbocycles. The van der Waals surface area contributed by atoms with Crippen molar-refractivity contribution in [2.24, 2.45) is 5.92 Å². The monoisotopic (exact) mass is 198 g/mol. The summed E-state index contributed by atoms with van der Waals surface area (Å²) in [6.45, 7) is 2.62. The molecule has 0 radical (unpaired) electrons. The minimum absolute atomic E-state index is 0.719. The third kappa shape index (κ3) is 2.18. The molecule has 1 unspecified atom stereocenters. The quantitative estimate of drug-likeness (QED) is 0.699. The second kappa shape index (κ2) is 4.17. The van der Waals surface area contributed by atoms with Crippen LogP contribution in [0.4, 0.5) is 4.79 Å². The summed E-state index contributed by atoms with van der Waals surface area (Å²) in [5.74, 6) is 0.739. The van der Waals surface area contributed by atoms with Gasteiger partial charge in [0.25, 0.3) is 0 Å². The second-order valence-electron chi connectivity index (χ2n) is 4.39. The van der Waals surface area contributed by atoms with Crippen molar-refractivity contribution >= 4 is 6.09 Å². The Morgan fingerprint density at radius 1 is 1.36 bits per heavy atom. The number of piperidine rings is 1. The summed E-state index contributed by atoms with van der Waals surface area (Å²) < 4.78 is 0. The van der Waals surface area contributed by atoms with Crippen LogP contribution < -0.4 is 5.32 Å². The second-order valence-corrected chi connectivity index (χ2v) is 4.39. The molecule has 0 bridgehead atoms. The topological polar surface area (TPSA) is 52.6 Å². The number of amides is 1. The fourth-order valence-corrected chi connectivity index (χ4v) is 2.31. The standard InChI is InChI=1S/C10H18N2O2/c13-10(14)12-5-2-8(3-6-12)7-9-1-4-11-9/h8-9,11H,1-7H2,(H,13,14). The lowest BCUT2D eigenvalue weighted by atomic mass is 9.87. The van der Waals surface area contributed by atoms with E-state index in [-0.39, 0.29) is 0 Å². The molecule has 0 spiro atoms. The first kappa shape index (κ1) is 9.77. The van der Waals surface area contributed by atoms with Gasteiger partial charge in [-0.3, -0.25) is 0 Å². The van der Waals surface area contributed by atoms with Gasteiger partial charge in [-0.1, -0.05) is 0 Å². The highest BCUT2D eigenvalue weighted by Gasteiger charge is 2.26. The van der Waals surface area contributed by atoms with Crippen molar-refractivity contribution in [3.8, 4) is 0 Å². The largest absolute Gasteiger partial charge is 0.465 e. The predicted octanol–water partition coefficient (Wildman–Crippen LogP) is 1.13. The van der Waals surface area contributed by atoms with Crippen LogP contribution in [0, 0.1) is 5.92 Å². The Morgan fingerprint density at radius 2 is 2.00 bits per heavy atom. The van der Waals surface area contributed by atoms with E-state index in [1.165, 1.54) is 24.3 Å². The lowest BCUT2D eigenvalue weighted by molar-refractivity contribution is 0.118. The van der Waals surface area contributed by atoms with Crippen LogP contribution in [-0.4, -0.2) is 41.8 Å². The third-order valence-corrected chi connectivity index (χ3v) is 3.43. The van der Waals surface area contributed by atoms with Crippen LogP contribution in [0.1, 0.15) is 25.7 Å². The Labute approximate surface area is 84.3 Å². The highest BCUT2D eigenvalue weighted by atomic mass is 16.4. The number of carbonyl (C=O) groups is 1. The van der Waals surface area contributed by atoms with E-state index in [4.69, 9.17) is 5.11 Å². The van der Waals surface area contributed by atoms with E-state index in [0.29, 0.717) is 0 Å². The molecule has 0 aromatic heterocycles. The van der Waals surface area contributed by atoms with E-state index in [1.807, 2.05) is 0 Å². The number of hydrogen-bond donors (Lipinski definition) is 2. The molecular weight excluding hydrogens is 180 g/mol. The molecule has 2 aliphatic rings. The van der Waals surface area contributed by atoms with Gasteiger partial charge in [-0.15, -0.1) is 0 Å². The van der Waals surface area contributed by atoms with Crippen LogP contribution in [0.5, 0.6) is 0 Å². The van der Waals surface area contributed by atoms with Gasteiger partial charge in [-0.25, -0.2) is 4.79 Å². The highest BCUT2D eigenvalue weighted by molar-refractivity contribution is 5.64. The van der Waals surface area contributed by atoms with Crippen molar-refractivity contribution < 1.29 is 9.90 Å². The lowest BCUT2D eigenvalue weighted by Gasteiger charge is -2.35. The van der Waals surface area contributed by atoms with Gasteiger partial charge in [-0.2, -0.15) is 0 Å². The first-order chi connectivity index (χ1) is 6.75. The Balaban J connectivity index is 1.69. The van der Waals surface area contributed by atoms with E-state index in [2.05, 4.69) is 5.32 Å². The molecule has 0 aromatic rings. The number of rotatable bonds is 2. The van der Waals surface area contributed by atoms with Crippen LogP contribution >= 0.6 is 0 Å². The van der Waals surface area contributed by atoms with Crippen molar-refractivity contribution in [2.75, 3.05) is 19.6 Å². The molecule has 0 aromatic carbocycles. The summed E-state index contributed by atoms with van der Waals surface area (Å²) in [7, 11) is 0. The van der Waals surface area contributed by atoms with E-state index < -0.39 is 6.09 Å². The van der Waals surface area contributed by atoms with Gasteiger partial charge in [0.1, 0.15) is 0 Å². The molecule has 2 saturated heterocycles. The fourth-order valence-electron chi connectivity index (χ4n) is 2.31. The molecule has 2 rings (SSSR count). The van der Waals surface area contributed by atoms with Gasteiger partial charge in [0.05, 0.1) is 0 Å². The number of carboxylic acid groups (broad SMARTS) is 1. The minimum atomic E-state index is -0.759. The van der Waals surface area contributed by atoms with Gasteiger partial charge in [0.2, 0.25) is 0 Å². The van der Waals surface area contributed by atoms with Crippen LogP contribution in [0.3, 0.4) is 0 Å². The van der Waals surface area contributed by atoms with E-state index in [0.717, 1.165) is 37.9 Å². The zero-order valence-corrected chi connectivity index (χ0v) is 8.41. The van der Waals surface area contributed by atoms with Crippen molar-refractivity contribution in [1.82, 2.24) is 10.2 Å². The van der Waals surface area contributed by atoms with Gasteiger partial charge in [0.15, 0.2) is 0 Å². The van der Waals surface area contributed by atoms with Crippen LogP contribution in [0.25, 0.3) is 0 Å². The maximum atomic E-state index is 10.7. The average Bonchev–Trinajstić information content (AvgIpc) is 2.12. The fraction of sp³-hybridized carbons (Fsp3) is 0.900. The summed E-state index contributed by atoms with van der Waals surface area (Å²) >= 11 is 0. The molecular formula is C10H18N2O2. The first-order valence-electron chi connectivity index (χ1n) is 5.47. The Kier molecular flexibility index (Phi) is 2.91. The summed E-state index contributed by atoms with van der Waals surface area (Å²) in [5, 5.41) is 12.2. The third-order valence-electron chi connectivity index (χ3n) is 3.43. The van der Waals surface area contributed by atoms with Gasteiger partial charge in [0, 0.05) is 19.1 Å². The average molecular weight is 198 g/mol. The smallest absolute Gasteiger partial charge is 0.407 e. The van der Waals surface area contributed by atoms with Gasteiger partial charge in [-0.05, 0) is 38.1 Å². The van der Waals surface area contributed by atoms with Crippen molar-refractivity contribution in [3.05, 3.63) is 0 Å². The molecule has 1 amide bonds. The SMILES string of the molecule is O=C(O)N1CCC(CC2CCN2)CC1. The highest BCUT2D eigenvalue weighted by Crippen LogP contribution is 2.24. The summed E-state index contributed by atoms with van der Waals surface area (Å²) in [6, 6.07) is 0.719. The summed E-state index contributed by atoms with van der Waals surface area (Å²) in [6.07, 6.45) is 3.88. The molecule has 14 heavy (non-hydrogen) atoms. The molecule has 1 atom stereocenters. The van der Waals surface area contributed by atoms with Crippen molar-refractivity contribution in [1.29, 1.82) is 0 Å². The zero-order chi connectivity index (χ0) is 9.97. The Morgan fingerprint density at radius 3 is 2.43 bits per heavy atom. The van der Waals surface area contributed by atoms with E-state index in [1.54, 1.807) is 0 Å². The first-order valence-corrected chi connectivity index (χ1v) is 5.47. The maximum absolute atomic E-state index is 10.7. The Bertz CT molecular complexity index is 208. The van der Waals surface area contributed by atoms with Crippen molar-refractivity contribution in [2.45, 2.75) is 31.7 Å². The lowest BCUT2D eigenvalue weighted by Crippen LogP contribution is -2.45. The summed E-state index contributed by atoms with van der Waals surface area (Å²) in [4.78, 5) is 12.2.